The molecule has 5 heteroatoms. The van der Waals surface area contributed by atoms with Crippen molar-refractivity contribution in [2.45, 2.75) is 39.3 Å². The molecule has 1 fully saturated rings. The van der Waals surface area contributed by atoms with Crippen molar-refractivity contribution in [3.63, 3.8) is 0 Å². The maximum atomic E-state index is 12.9. The van der Waals surface area contributed by atoms with E-state index >= 15 is 0 Å². The standard InChI is InChI=1S/C20H26ClN3O/c1-14-5-9-23(10-6-14)20(25)13-24-18-4-3-15(21)11-16(18)17-12-22(2)8-7-19(17)24/h3-4,11,14H,5-10,12-13H2,1-2H3. The van der Waals surface area contributed by atoms with Gasteiger partial charge in [0.25, 0.3) is 0 Å². The number of rotatable bonds is 2. The number of amides is 1. The highest BCUT2D eigenvalue weighted by molar-refractivity contribution is 6.31. The molecule has 1 saturated heterocycles. The van der Waals surface area contributed by atoms with Crippen molar-refractivity contribution in [1.29, 1.82) is 0 Å². The van der Waals surface area contributed by atoms with Gasteiger partial charge in [-0.25, -0.2) is 0 Å². The van der Waals surface area contributed by atoms with E-state index in [0.29, 0.717) is 6.54 Å². The van der Waals surface area contributed by atoms with Crippen molar-refractivity contribution < 1.29 is 4.79 Å². The number of likely N-dealkylation sites (N-methyl/N-ethyl adjacent to an activating group) is 1. The molecule has 2 aliphatic heterocycles. The minimum Gasteiger partial charge on any atom is -0.341 e. The number of carbonyl (C=O) groups excluding carboxylic acids is 1. The summed E-state index contributed by atoms with van der Waals surface area (Å²) in [6.07, 6.45) is 3.23. The zero-order chi connectivity index (χ0) is 17.6. The topological polar surface area (TPSA) is 28.5 Å². The Balaban J connectivity index is 1.68. The van der Waals surface area contributed by atoms with E-state index in [1.54, 1.807) is 0 Å². The van der Waals surface area contributed by atoms with E-state index < -0.39 is 0 Å². The van der Waals surface area contributed by atoms with Crippen molar-refractivity contribution in [3.8, 4) is 0 Å². The molecule has 1 amide bonds. The highest BCUT2D eigenvalue weighted by Crippen LogP contribution is 2.32. The Morgan fingerprint density at radius 3 is 2.76 bits per heavy atom. The summed E-state index contributed by atoms with van der Waals surface area (Å²) in [5.41, 5.74) is 3.80. The summed E-state index contributed by atoms with van der Waals surface area (Å²) in [7, 11) is 2.15. The third kappa shape index (κ3) is 3.18. The quantitative estimate of drug-likeness (QED) is 0.820. The van der Waals surface area contributed by atoms with Crippen molar-refractivity contribution in [3.05, 3.63) is 34.5 Å². The fourth-order valence-electron chi connectivity index (χ4n) is 4.23. The van der Waals surface area contributed by atoms with E-state index in [1.165, 1.54) is 16.6 Å². The summed E-state index contributed by atoms with van der Waals surface area (Å²) in [5.74, 6) is 0.988. The minimum absolute atomic E-state index is 0.250. The van der Waals surface area contributed by atoms with E-state index in [-0.39, 0.29) is 5.91 Å². The number of carbonyl (C=O) groups is 1. The minimum atomic E-state index is 0.250. The lowest BCUT2D eigenvalue weighted by atomic mass is 9.99. The molecular formula is C20H26ClN3O. The molecule has 0 N–H and O–H groups in total. The molecule has 2 aliphatic rings. The predicted octanol–water partition coefficient (Wildman–Crippen LogP) is 3.54. The summed E-state index contributed by atoms with van der Waals surface area (Å²) in [6, 6.07) is 6.06. The zero-order valence-corrected chi connectivity index (χ0v) is 15.9. The summed E-state index contributed by atoms with van der Waals surface area (Å²) in [4.78, 5) is 17.3. The highest BCUT2D eigenvalue weighted by Gasteiger charge is 2.26. The lowest BCUT2D eigenvalue weighted by molar-refractivity contribution is -0.133. The molecule has 0 atom stereocenters. The van der Waals surface area contributed by atoms with Gasteiger partial charge in [0.2, 0.25) is 5.91 Å². The van der Waals surface area contributed by atoms with Gasteiger partial charge in [0.05, 0.1) is 0 Å². The fraction of sp³-hybridized carbons (Fsp3) is 0.550. The molecule has 0 spiro atoms. The Kier molecular flexibility index (Phi) is 4.50. The zero-order valence-electron chi connectivity index (χ0n) is 15.1. The number of fused-ring (bicyclic) bond motifs is 3. The Morgan fingerprint density at radius 2 is 2.00 bits per heavy atom. The van der Waals surface area contributed by atoms with Gasteiger partial charge in [-0.2, -0.15) is 0 Å². The average Bonchev–Trinajstić information content (AvgIpc) is 2.88. The van der Waals surface area contributed by atoms with Crippen molar-refractivity contribution in [2.24, 2.45) is 5.92 Å². The van der Waals surface area contributed by atoms with Crippen LogP contribution in [0.2, 0.25) is 5.02 Å². The second kappa shape index (κ2) is 6.65. The van der Waals surface area contributed by atoms with Gasteiger partial charge in [0, 0.05) is 54.2 Å². The maximum Gasteiger partial charge on any atom is 0.242 e. The number of likely N-dealkylation sites (tertiary alicyclic amines) is 1. The van der Waals surface area contributed by atoms with Crippen LogP contribution in [0.3, 0.4) is 0 Å². The van der Waals surface area contributed by atoms with Crippen LogP contribution in [-0.2, 0) is 24.3 Å². The smallest absolute Gasteiger partial charge is 0.242 e. The van der Waals surface area contributed by atoms with Crippen molar-refractivity contribution >= 4 is 28.4 Å². The number of hydrogen-bond acceptors (Lipinski definition) is 2. The number of halogens is 1. The van der Waals surface area contributed by atoms with Crippen molar-refractivity contribution in [1.82, 2.24) is 14.4 Å². The Morgan fingerprint density at radius 1 is 1.24 bits per heavy atom. The molecule has 0 bridgehead atoms. The first-order chi connectivity index (χ1) is 12.0. The number of piperidine rings is 1. The van der Waals surface area contributed by atoms with E-state index in [4.69, 9.17) is 11.6 Å². The normalized spacial score (nSPS) is 19.4. The number of hydrogen-bond donors (Lipinski definition) is 0. The van der Waals surface area contributed by atoms with Crippen LogP contribution in [0.1, 0.15) is 31.0 Å². The van der Waals surface area contributed by atoms with Gasteiger partial charge < -0.3 is 14.4 Å². The molecule has 4 nitrogen and oxygen atoms in total. The van der Waals surface area contributed by atoms with Gasteiger partial charge >= 0.3 is 0 Å². The second-order valence-electron chi connectivity index (χ2n) is 7.72. The van der Waals surface area contributed by atoms with Gasteiger partial charge in [-0.3, -0.25) is 4.79 Å². The van der Waals surface area contributed by atoms with Crippen molar-refractivity contribution in [2.75, 3.05) is 26.7 Å². The molecule has 25 heavy (non-hydrogen) atoms. The summed E-state index contributed by atoms with van der Waals surface area (Å²) >= 11 is 6.25. The largest absolute Gasteiger partial charge is 0.341 e. The van der Waals surface area contributed by atoms with Crippen LogP contribution in [0.5, 0.6) is 0 Å². The Bertz CT molecular complexity index is 805. The third-order valence-electron chi connectivity index (χ3n) is 5.84. The van der Waals surface area contributed by atoms with Crippen LogP contribution in [0.4, 0.5) is 0 Å². The number of benzene rings is 1. The monoisotopic (exact) mass is 359 g/mol. The number of aromatic nitrogens is 1. The molecule has 0 radical (unpaired) electrons. The molecule has 0 saturated carbocycles. The van der Waals surface area contributed by atoms with Crippen LogP contribution in [0.25, 0.3) is 10.9 Å². The second-order valence-corrected chi connectivity index (χ2v) is 8.16. The van der Waals surface area contributed by atoms with Gasteiger partial charge in [0.1, 0.15) is 6.54 Å². The molecule has 134 valence electrons. The third-order valence-corrected chi connectivity index (χ3v) is 6.07. The summed E-state index contributed by atoms with van der Waals surface area (Å²) < 4.78 is 2.24. The van der Waals surface area contributed by atoms with E-state index in [0.717, 1.165) is 61.9 Å². The van der Waals surface area contributed by atoms with Crippen LogP contribution < -0.4 is 0 Å². The fourth-order valence-corrected chi connectivity index (χ4v) is 4.40. The van der Waals surface area contributed by atoms with E-state index in [1.807, 2.05) is 11.0 Å². The average molecular weight is 360 g/mol. The first kappa shape index (κ1) is 16.9. The van der Waals surface area contributed by atoms with Crippen LogP contribution >= 0.6 is 11.6 Å². The van der Waals surface area contributed by atoms with E-state index in [9.17, 15) is 4.79 Å². The SMILES string of the molecule is CC1CCN(C(=O)Cn2c3c(c4cc(Cl)ccc42)CN(C)CC3)CC1. The molecule has 3 heterocycles. The molecule has 4 rings (SSSR count). The molecule has 2 aromatic rings. The van der Waals surface area contributed by atoms with E-state index in [2.05, 4.69) is 35.6 Å². The summed E-state index contributed by atoms with van der Waals surface area (Å²) in [5, 5.41) is 1.96. The molecule has 1 aromatic carbocycles. The molecule has 0 aliphatic carbocycles. The Hall–Kier alpha value is -1.52. The van der Waals surface area contributed by atoms with Gasteiger partial charge in [-0.15, -0.1) is 0 Å². The van der Waals surface area contributed by atoms with Crippen LogP contribution in [-0.4, -0.2) is 47.0 Å². The first-order valence-corrected chi connectivity index (χ1v) is 9.66. The first-order valence-electron chi connectivity index (χ1n) is 9.28. The van der Waals surface area contributed by atoms with Gasteiger partial charge in [0.15, 0.2) is 0 Å². The van der Waals surface area contributed by atoms with Gasteiger partial charge in [-0.1, -0.05) is 18.5 Å². The van der Waals surface area contributed by atoms with Gasteiger partial charge in [-0.05, 0) is 49.6 Å². The maximum absolute atomic E-state index is 12.9. The Labute approximate surface area is 154 Å². The van der Waals surface area contributed by atoms with Crippen LogP contribution in [0, 0.1) is 5.92 Å². The molecule has 1 aromatic heterocycles. The lowest BCUT2D eigenvalue weighted by Crippen LogP contribution is -2.40. The highest BCUT2D eigenvalue weighted by atomic mass is 35.5. The molecular weight excluding hydrogens is 334 g/mol. The predicted molar refractivity (Wildman–Crippen MR) is 102 cm³/mol. The van der Waals surface area contributed by atoms with Crippen LogP contribution in [0.15, 0.2) is 18.2 Å². The lowest BCUT2D eigenvalue weighted by Gasteiger charge is -2.31. The molecule has 0 unspecified atom stereocenters. The number of nitrogens with zero attached hydrogens (tertiary/aromatic N) is 3. The summed E-state index contributed by atoms with van der Waals surface area (Å²) in [6.45, 7) is 6.48.